The van der Waals surface area contributed by atoms with Crippen LogP contribution in [0.5, 0.6) is 0 Å². The predicted octanol–water partition coefficient (Wildman–Crippen LogP) is 13.2. The molecule has 2 saturated heterocycles. The molecular formula is C50H54Cl4N2O4. The van der Waals surface area contributed by atoms with Crippen LogP contribution in [0.2, 0.25) is 20.1 Å². The van der Waals surface area contributed by atoms with Crippen LogP contribution in [-0.4, -0.2) is 45.3 Å². The molecule has 4 aromatic carbocycles. The zero-order valence-corrected chi connectivity index (χ0v) is 37.7. The Morgan fingerprint density at radius 3 is 1.22 bits per heavy atom. The van der Waals surface area contributed by atoms with Crippen molar-refractivity contribution in [3.05, 3.63) is 165 Å². The number of hydrogen-bond donors (Lipinski definition) is 0. The van der Waals surface area contributed by atoms with E-state index in [1.807, 2.05) is 121 Å². The number of carbonyl (C=O) groups is 4. The van der Waals surface area contributed by atoms with Crippen molar-refractivity contribution in [2.75, 3.05) is 0 Å². The lowest BCUT2D eigenvalue weighted by molar-refractivity contribution is -0.151. The fraction of sp³-hybridized carbons (Fsp3) is 0.360. The fourth-order valence-electron chi connectivity index (χ4n) is 9.22. The van der Waals surface area contributed by atoms with Gasteiger partial charge >= 0.3 is 0 Å². The van der Waals surface area contributed by atoms with E-state index in [4.69, 9.17) is 46.4 Å². The van der Waals surface area contributed by atoms with Crippen LogP contribution in [0.15, 0.2) is 122 Å². The van der Waals surface area contributed by atoms with E-state index in [1.54, 1.807) is 26.0 Å². The molecule has 316 valence electrons. The van der Waals surface area contributed by atoms with Gasteiger partial charge in [0.2, 0.25) is 11.8 Å². The largest absolute Gasteiger partial charge is 0.325 e. The van der Waals surface area contributed by atoms with Gasteiger partial charge in [0, 0.05) is 43.8 Å². The van der Waals surface area contributed by atoms with Crippen LogP contribution in [0.25, 0.3) is 0 Å². The Hall–Kier alpha value is -4.20. The summed E-state index contributed by atoms with van der Waals surface area (Å²) in [5.74, 6) is -0.429. The molecule has 0 bridgehead atoms. The molecule has 2 heterocycles. The molecule has 2 fully saturated rings. The summed E-state index contributed by atoms with van der Waals surface area (Å²) in [6.45, 7) is 14.7. The number of likely N-dealkylation sites (tertiary alicyclic amines) is 2. The first-order valence-electron chi connectivity index (χ1n) is 20.6. The van der Waals surface area contributed by atoms with Gasteiger partial charge in [-0.3, -0.25) is 19.2 Å². The highest BCUT2D eigenvalue weighted by Gasteiger charge is 2.47. The van der Waals surface area contributed by atoms with Gasteiger partial charge in [-0.05, 0) is 123 Å². The molecule has 2 aliphatic rings. The minimum Gasteiger partial charge on any atom is -0.325 e. The van der Waals surface area contributed by atoms with Gasteiger partial charge < -0.3 is 9.80 Å². The topological polar surface area (TPSA) is 74.8 Å². The van der Waals surface area contributed by atoms with Crippen LogP contribution in [0.3, 0.4) is 0 Å². The second-order valence-electron chi connectivity index (χ2n) is 15.8. The van der Waals surface area contributed by atoms with Crippen LogP contribution < -0.4 is 0 Å². The average molecular weight is 889 g/mol. The van der Waals surface area contributed by atoms with Gasteiger partial charge in [-0.15, -0.1) is 13.2 Å². The Morgan fingerprint density at radius 1 is 0.583 bits per heavy atom. The Kier molecular flexibility index (Phi) is 16.8. The number of rotatable bonds is 14. The molecule has 0 saturated carbocycles. The molecule has 6 nitrogen and oxygen atoms in total. The fourth-order valence-corrected chi connectivity index (χ4v) is 9.87. The third-order valence-corrected chi connectivity index (χ3v) is 12.9. The number of hydrogen-bond acceptors (Lipinski definition) is 4. The molecule has 60 heavy (non-hydrogen) atoms. The van der Waals surface area contributed by atoms with E-state index < -0.39 is 12.1 Å². The monoisotopic (exact) mass is 886 g/mol. The van der Waals surface area contributed by atoms with Crippen molar-refractivity contribution in [3.8, 4) is 0 Å². The maximum Gasteiger partial charge on any atom is 0.227 e. The normalized spacial score (nSPS) is 22.6. The molecule has 0 radical (unpaired) electrons. The Morgan fingerprint density at radius 2 is 0.933 bits per heavy atom. The number of halogens is 4. The lowest BCUT2D eigenvalue weighted by Gasteiger charge is -2.47. The highest BCUT2D eigenvalue weighted by atomic mass is 35.5. The highest BCUT2D eigenvalue weighted by Crippen LogP contribution is 2.49. The summed E-state index contributed by atoms with van der Waals surface area (Å²) in [6, 6.07) is 29.2. The Labute approximate surface area is 375 Å². The Bertz CT molecular complexity index is 2000. The SMILES string of the molecule is C=CC[C@@H]1CC(c2cccc(Cl)c2)[C@@H](c2ccc(Cl)cc2)N([C@@H](CC)C(C)=O)C1=O.C=CC[C@H]1CC(c2cccc(Cl)c2)[C@@H](c2ccc(Cl)cc2)N([C@@H](CC)C(C)=O)C1=O. The zero-order valence-electron chi connectivity index (χ0n) is 34.7. The summed E-state index contributed by atoms with van der Waals surface area (Å²) in [4.78, 5) is 55.9. The molecule has 2 unspecified atom stereocenters. The number of carbonyl (C=O) groups excluding carboxylic acids is 4. The number of amides is 2. The average Bonchev–Trinajstić information content (AvgIpc) is 3.22. The predicted molar refractivity (Wildman–Crippen MR) is 246 cm³/mol. The summed E-state index contributed by atoms with van der Waals surface area (Å²) in [5.41, 5.74) is 4.06. The lowest BCUT2D eigenvalue weighted by Crippen LogP contribution is -2.53. The van der Waals surface area contributed by atoms with E-state index in [-0.39, 0.29) is 59.1 Å². The molecule has 10 heteroatoms. The van der Waals surface area contributed by atoms with Gasteiger partial charge in [-0.2, -0.15) is 0 Å². The number of nitrogens with zero attached hydrogens (tertiary/aromatic N) is 2. The summed E-state index contributed by atoms with van der Waals surface area (Å²) < 4.78 is 0. The highest BCUT2D eigenvalue weighted by molar-refractivity contribution is 6.31. The van der Waals surface area contributed by atoms with Crippen molar-refractivity contribution in [3.63, 3.8) is 0 Å². The molecule has 0 N–H and O–H groups in total. The van der Waals surface area contributed by atoms with Crippen LogP contribution in [0, 0.1) is 11.8 Å². The Balaban J connectivity index is 0.000000228. The van der Waals surface area contributed by atoms with E-state index in [0.717, 1.165) is 22.3 Å². The van der Waals surface area contributed by atoms with Gasteiger partial charge in [0.05, 0.1) is 24.2 Å². The van der Waals surface area contributed by atoms with Crippen LogP contribution in [0.4, 0.5) is 0 Å². The quantitative estimate of drug-likeness (QED) is 0.118. The third-order valence-electron chi connectivity index (χ3n) is 11.9. The molecule has 2 aliphatic heterocycles. The summed E-state index contributed by atoms with van der Waals surface area (Å²) in [6.07, 6.45) is 7.19. The number of benzene rings is 4. The summed E-state index contributed by atoms with van der Waals surface area (Å²) >= 11 is 24.9. The molecule has 0 spiro atoms. The van der Waals surface area contributed by atoms with Crippen molar-refractivity contribution < 1.29 is 19.2 Å². The third kappa shape index (κ3) is 10.8. The van der Waals surface area contributed by atoms with Crippen molar-refractivity contribution in [1.29, 1.82) is 0 Å². The first kappa shape index (κ1) is 46.9. The van der Waals surface area contributed by atoms with E-state index in [2.05, 4.69) is 13.2 Å². The van der Waals surface area contributed by atoms with E-state index >= 15 is 0 Å². The molecular weight excluding hydrogens is 834 g/mol. The minimum atomic E-state index is -0.479. The lowest BCUT2D eigenvalue weighted by atomic mass is 9.74. The maximum atomic E-state index is 13.6. The molecule has 6 rings (SSSR count). The first-order valence-corrected chi connectivity index (χ1v) is 22.1. The first-order chi connectivity index (χ1) is 28.7. The maximum absolute atomic E-state index is 13.6. The molecule has 4 aromatic rings. The number of ketones is 2. The molecule has 8 atom stereocenters. The van der Waals surface area contributed by atoms with E-state index in [1.165, 1.54) is 0 Å². The van der Waals surface area contributed by atoms with Crippen molar-refractivity contribution in [1.82, 2.24) is 9.80 Å². The van der Waals surface area contributed by atoms with Crippen molar-refractivity contribution in [2.24, 2.45) is 11.8 Å². The van der Waals surface area contributed by atoms with Crippen LogP contribution in [-0.2, 0) is 19.2 Å². The van der Waals surface area contributed by atoms with Crippen LogP contribution >= 0.6 is 46.4 Å². The number of piperidine rings is 2. The standard InChI is InChI=1S/2C25H27Cl2NO2/c2*1-4-7-19-15-22(18-8-6-9-21(27)14-18)24(17-10-12-20(26)13-11-17)28(25(19)30)23(5-2)16(3)29/h2*4,6,8-14,19,22-24H,1,5,7,15H2,2-3H3/t19-,22?,23+,24-;19-,22?,23-,24+/m10/s1. The summed E-state index contributed by atoms with van der Waals surface area (Å²) in [5, 5.41) is 2.58. The van der Waals surface area contributed by atoms with Gasteiger partial charge in [-0.1, -0.05) is 121 Å². The van der Waals surface area contributed by atoms with Gasteiger partial charge in [0.25, 0.3) is 0 Å². The number of Topliss-reactive ketones (excluding diaryl/α,β-unsaturated/α-hetero) is 2. The smallest absolute Gasteiger partial charge is 0.227 e. The van der Waals surface area contributed by atoms with E-state index in [0.29, 0.717) is 58.6 Å². The number of allylic oxidation sites excluding steroid dienone is 2. The molecule has 0 aromatic heterocycles. The summed E-state index contributed by atoms with van der Waals surface area (Å²) in [7, 11) is 0. The van der Waals surface area contributed by atoms with Crippen LogP contribution in [0.1, 0.15) is 112 Å². The minimum absolute atomic E-state index is 0.000857. The second-order valence-corrected chi connectivity index (χ2v) is 17.5. The van der Waals surface area contributed by atoms with Crippen molar-refractivity contribution in [2.45, 2.75) is 102 Å². The van der Waals surface area contributed by atoms with Gasteiger partial charge in [0.15, 0.2) is 11.6 Å². The molecule has 0 aliphatic carbocycles. The van der Waals surface area contributed by atoms with Gasteiger partial charge in [0.1, 0.15) is 0 Å². The second kappa shape index (κ2) is 21.5. The van der Waals surface area contributed by atoms with Gasteiger partial charge in [-0.25, -0.2) is 0 Å². The molecule has 2 amide bonds. The zero-order chi connectivity index (χ0) is 43.7. The van der Waals surface area contributed by atoms with Crippen molar-refractivity contribution >= 4 is 69.8 Å². The van der Waals surface area contributed by atoms with E-state index in [9.17, 15) is 19.2 Å².